The van der Waals surface area contributed by atoms with Crippen molar-refractivity contribution in [3.8, 4) is 5.69 Å². The third-order valence-corrected chi connectivity index (χ3v) is 4.23. The fraction of sp³-hybridized carbons (Fsp3) is 0.214. The zero-order chi connectivity index (χ0) is 15.7. The summed E-state index contributed by atoms with van der Waals surface area (Å²) in [7, 11) is 1.86. The molecular weight excluding hydrogens is 323 g/mol. The van der Waals surface area contributed by atoms with E-state index in [1.165, 1.54) is 5.56 Å². The molecule has 0 saturated heterocycles. The van der Waals surface area contributed by atoms with E-state index in [1.807, 2.05) is 48.9 Å². The number of aryl methyl sites for hydroxylation is 1. The van der Waals surface area contributed by atoms with Gasteiger partial charge >= 0.3 is 0 Å². The third-order valence-electron chi connectivity index (χ3n) is 3.39. The Morgan fingerprint density at radius 1 is 1.18 bits per heavy atom. The summed E-state index contributed by atoms with van der Waals surface area (Å²) in [5.41, 5.74) is 3.01. The van der Waals surface area contributed by atoms with E-state index in [1.54, 1.807) is 4.68 Å². The Morgan fingerprint density at radius 3 is 2.55 bits per heavy atom. The molecule has 3 aromatic rings. The van der Waals surface area contributed by atoms with Gasteiger partial charge in [-0.15, -0.1) is 0 Å². The van der Waals surface area contributed by atoms with Crippen LogP contribution in [-0.4, -0.2) is 24.8 Å². The molecule has 0 spiro atoms. The van der Waals surface area contributed by atoms with Gasteiger partial charge in [-0.3, -0.25) is 0 Å². The molecule has 0 amide bonds. The van der Waals surface area contributed by atoms with Crippen LogP contribution in [0.5, 0.6) is 0 Å². The lowest BCUT2D eigenvalue weighted by atomic mass is 10.2. The van der Waals surface area contributed by atoms with Crippen molar-refractivity contribution in [3.63, 3.8) is 0 Å². The van der Waals surface area contributed by atoms with E-state index in [0.717, 1.165) is 11.4 Å². The minimum Gasteiger partial charge on any atom is -0.347 e. The lowest BCUT2D eigenvalue weighted by molar-refractivity contribution is 0.785. The quantitative estimate of drug-likeness (QED) is 0.794. The minimum absolute atomic E-state index is 0.509. The van der Waals surface area contributed by atoms with Gasteiger partial charge in [0.2, 0.25) is 5.95 Å². The summed E-state index contributed by atoms with van der Waals surface area (Å²) in [5, 5.41) is 16.0. The van der Waals surface area contributed by atoms with Gasteiger partial charge in [0.05, 0.1) is 17.3 Å². The molecule has 1 N–H and O–H groups in total. The number of hydrogen-bond acceptors (Lipinski definition) is 4. The first kappa shape index (κ1) is 14.9. The molecule has 0 radical (unpaired) electrons. The second-order valence-corrected chi connectivity index (χ2v) is 5.70. The number of tetrazole rings is 1. The number of benzene rings is 1. The summed E-state index contributed by atoms with van der Waals surface area (Å²) in [4.78, 5) is 0. The first-order valence-electron chi connectivity index (χ1n) is 6.65. The van der Waals surface area contributed by atoms with Crippen molar-refractivity contribution >= 4 is 29.2 Å². The van der Waals surface area contributed by atoms with Crippen LogP contribution in [0.1, 0.15) is 11.3 Å². The molecule has 2 aromatic heterocycles. The molecule has 0 bridgehead atoms. The molecule has 0 saturated carbocycles. The lowest BCUT2D eigenvalue weighted by Crippen LogP contribution is -2.09. The highest BCUT2D eigenvalue weighted by Crippen LogP contribution is 2.25. The Bertz CT molecular complexity index is 790. The van der Waals surface area contributed by atoms with E-state index in [4.69, 9.17) is 23.2 Å². The maximum Gasteiger partial charge on any atom is 0.248 e. The van der Waals surface area contributed by atoms with Crippen LogP contribution < -0.4 is 5.32 Å². The molecule has 2 heterocycles. The van der Waals surface area contributed by atoms with Gasteiger partial charge in [-0.1, -0.05) is 46.0 Å². The topological polar surface area (TPSA) is 60.6 Å². The average molecular weight is 337 g/mol. The van der Waals surface area contributed by atoms with Gasteiger partial charge in [-0.05, 0) is 35.5 Å². The van der Waals surface area contributed by atoms with Crippen LogP contribution in [0, 0.1) is 6.92 Å². The first-order valence-corrected chi connectivity index (χ1v) is 7.40. The molecule has 0 aliphatic carbocycles. The highest BCUT2D eigenvalue weighted by molar-refractivity contribution is 6.41. The predicted molar refractivity (Wildman–Crippen MR) is 86.7 cm³/mol. The third kappa shape index (κ3) is 2.80. The summed E-state index contributed by atoms with van der Waals surface area (Å²) in [6.07, 6.45) is 0. The van der Waals surface area contributed by atoms with Crippen molar-refractivity contribution < 1.29 is 0 Å². The molecule has 1 aromatic carbocycles. The molecule has 114 valence electrons. The highest BCUT2D eigenvalue weighted by atomic mass is 35.5. The van der Waals surface area contributed by atoms with Gasteiger partial charge in [-0.2, -0.15) is 4.68 Å². The largest absolute Gasteiger partial charge is 0.347 e. The fourth-order valence-electron chi connectivity index (χ4n) is 2.09. The molecule has 0 fully saturated rings. The molecule has 0 atom stereocenters. The number of rotatable bonds is 4. The van der Waals surface area contributed by atoms with Gasteiger partial charge in [0.15, 0.2) is 0 Å². The van der Waals surface area contributed by atoms with E-state index < -0.39 is 0 Å². The van der Waals surface area contributed by atoms with E-state index in [9.17, 15) is 0 Å². The summed E-state index contributed by atoms with van der Waals surface area (Å²) in [6.45, 7) is 2.54. The Morgan fingerprint density at radius 2 is 1.91 bits per heavy atom. The second-order valence-electron chi connectivity index (χ2n) is 4.94. The molecule has 8 heteroatoms. The zero-order valence-corrected chi connectivity index (χ0v) is 13.6. The van der Waals surface area contributed by atoms with Gasteiger partial charge in [-0.25, -0.2) is 0 Å². The number of hydrogen-bond donors (Lipinski definition) is 1. The van der Waals surface area contributed by atoms with Crippen LogP contribution in [0.25, 0.3) is 5.69 Å². The van der Waals surface area contributed by atoms with Crippen molar-refractivity contribution in [1.29, 1.82) is 0 Å². The lowest BCUT2D eigenvalue weighted by Gasteiger charge is -2.08. The standard InChI is InChI=1S/C14H14Cl2N6/c1-9-3-5-10(6-4-9)22-14(18-19-20-22)17-8-11-7-12(15)13(16)21(11)2/h3-7H,8H2,1-2H3,(H,17,18,20). The Hall–Kier alpha value is -2.05. The van der Waals surface area contributed by atoms with Crippen LogP contribution in [0.2, 0.25) is 10.2 Å². The Kier molecular flexibility index (Phi) is 4.04. The van der Waals surface area contributed by atoms with Gasteiger partial charge in [0.1, 0.15) is 5.15 Å². The SMILES string of the molecule is Cc1ccc(-n2nnnc2NCc2cc(Cl)c(Cl)n2C)cc1. The minimum atomic E-state index is 0.509. The predicted octanol–water partition coefficient (Wildman–Crippen LogP) is 3.23. The van der Waals surface area contributed by atoms with Crippen LogP contribution in [0.15, 0.2) is 30.3 Å². The van der Waals surface area contributed by atoms with E-state index >= 15 is 0 Å². The van der Waals surface area contributed by atoms with Crippen molar-refractivity contribution in [2.24, 2.45) is 7.05 Å². The highest BCUT2D eigenvalue weighted by Gasteiger charge is 2.11. The summed E-state index contributed by atoms with van der Waals surface area (Å²) in [6, 6.07) is 9.77. The van der Waals surface area contributed by atoms with Gasteiger partial charge in [0, 0.05) is 12.7 Å². The second kappa shape index (κ2) is 5.98. The monoisotopic (exact) mass is 336 g/mol. The summed E-state index contributed by atoms with van der Waals surface area (Å²) >= 11 is 12.1. The number of nitrogens with zero attached hydrogens (tertiary/aromatic N) is 5. The van der Waals surface area contributed by atoms with Crippen LogP contribution in [0.4, 0.5) is 5.95 Å². The molecule has 0 unspecified atom stereocenters. The average Bonchev–Trinajstić information content (AvgIpc) is 3.07. The number of aromatic nitrogens is 5. The van der Waals surface area contributed by atoms with Gasteiger partial charge < -0.3 is 9.88 Å². The maximum absolute atomic E-state index is 6.06. The number of nitrogens with one attached hydrogen (secondary N) is 1. The molecule has 0 aliphatic rings. The van der Waals surface area contributed by atoms with Crippen molar-refractivity contribution in [2.75, 3.05) is 5.32 Å². The summed E-state index contributed by atoms with van der Waals surface area (Å²) in [5.74, 6) is 0.553. The van der Waals surface area contributed by atoms with Crippen molar-refractivity contribution in [1.82, 2.24) is 24.8 Å². The maximum atomic E-state index is 6.06. The van der Waals surface area contributed by atoms with Gasteiger partial charge in [0.25, 0.3) is 0 Å². The van der Waals surface area contributed by atoms with Crippen molar-refractivity contribution in [3.05, 3.63) is 51.8 Å². The molecule has 22 heavy (non-hydrogen) atoms. The van der Waals surface area contributed by atoms with Crippen LogP contribution in [-0.2, 0) is 13.6 Å². The van der Waals surface area contributed by atoms with Crippen LogP contribution in [0.3, 0.4) is 0 Å². The Labute approximate surface area is 137 Å². The first-order chi connectivity index (χ1) is 10.6. The van der Waals surface area contributed by atoms with Crippen molar-refractivity contribution in [2.45, 2.75) is 13.5 Å². The van der Waals surface area contributed by atoms with E-state index in [-0.39, 0.29) is 0 Å². The number of anilines is 1. The summed E-state index contributed by atoms with van der Waals surface area (Å²) < 4.78 is 3.46. The Balaban J connectivity index is 1.81. The van der Waals surface area contributed by atoms with Crippen LogP contribution >= 0.6 is 23.2 Å². The fourth-order valence-corrected chi connectivity index (χ4v) is 2.50. The zero-order valence-electron chi connectivity index (χ0n) is 12.1. The van der Waals surface area contributed by atoms with E-state index in [2.05, 4.69) is 20.8 Å². The molecule has 3 rings (SSSR count). The molecule has 0 aliphatic heterocycles. The molecule has 6 nitrogen and oxygen atoms in total. The number of halogens is 2. The molecular formula is C14H14Cl2N6. The smallest absolute Gasteiger partial charge is 0.248 e. The normalized spacial score (nSPS) is 10.9. The van der Waals surface area contributed by atoms with E-state index in [0.29, 0.717) is 22.7 Å².